The first-order valence-electron chi connectivity index (χ1n) is 14.8. The molecule has 3 aromatic rings. The number of aromatic nitrogens is 2. The van der Waals surface area contributed by atoms with Gasteiger partial charge in [-0.15, -0.1) is 0 Å². The smallest absolute Gasteiger partial charge is 0.407 e. The Labute approximate surface area is 265 Å². The molecule has 0 aliphatic carbocycles. The minimum atomic E-state index is -2.58. The Bertz CT molecular complexity index is 1280. The Kier molecular flexibility index (Phi) is 12.2. The highest BCUT2D eigenvalue weighted by atomic mass is 79.9. The van der Waals surface area contributed by atoms with E-state index < -0.39 is 26.0 Å². The van der Waals surface area contributed by atoms with Gasteiger partial charge in [0, 0.05) is 12.7 Å². The van der Waals surface area contributed by atoms with Crippen molar-refractivity contribution >= 4 is 46.7 Å². The van der Waals surface area contributed by atoms with Gasteiger partial charge in [0.05, 0.1) is 19.7 Å². The third kappa shape index (κ3) is 9.52. The lowest BCUT2D eigenvalue weighted by Crippen LogP contribution is -2.66. The van der Waals surface area contributed by atoms with Crippen molar-refractivity contribution in [1.82, 2.24) is 15.1 Å². The highest BCUT2D eigenvalue weighted by molar-refractivity contribution is 9.10. The number of methoxy groups -OCH3 is 1. The summed E-state index contributed by atoms with van der Waals surface area (Å²) in [4.78, 5) is 25.0. The average molecular weight is 673 g/mol. The molecule has 1 atom stereocenters. The third-order valence-electron chi connectivity index (χ3n) is 7.19. The van der Waals surface area contributed by atoms with E-state index in [4.69, 9.17) is 13.9 Å². The Balaban J connectivity index is 1.69. The number of amides is 1. The Morgan fingerprint density at radius 1 is 0.930 bits per heavy atom. The van der Waals surface area contributed by atoms with Gasteiger partial charge in [0.15, 0.2) is 0 Å². The van der Waals surface area contributed by atoms with Crippen LogP contribution < -0.4 is 15.7 Å². The second-order valence-electron chi connectivity index (χ2n) is 12.7. The summed E-state index contributed by atoms with van der Waals surface area (Å²) in [6, 6.07) is 22.6. The number of nitrogens with zero attached hydrogens (tertiary/aromatic N) is 2. The van der Waals surface area contributed by atoms with Crippen LogP contribution in [0.3, 0.4) is 0 Å². The number of hydrogen-bond acceptors (Lipinski definition) is 6. The van der Waals surface area contributed by atoms with Crippen molar-refractivity contribution in [1.29, 1.82) is 0 Å². The number of nitrogens with one attached hydrogen (secondary N) is 1. The Hall–Kier alpha value is -2.95. The lowest BCUT2D eigenvalue weighted by atomic mass is 10.1. The van der Waals surface area contributed by atoms with E-state index in [1.807, 2.05) is 32.9 Å². The van der Waals surface area contributed by atoms with Gasteiger partial charge in [-0.1, -0.05) is 94.3 Å². The van der Waals surface area contributed by atoms with Crippen molar-refractivity contribution in [3.8, 4) is 0 Å². The number of halogens is 1. The Morgan fingerprint density at radius 3 is 2.02 bits per heavy atom. The maximum Gasteiger partial charge on any atom is 0.407 e. The lowest BCUT2D eigenvalue weighted by Gasteiger charge is -2.43. The molecule has 0 spiro atoms. The molecule has 1 amide bonds. The van der Waals surface area contributed by atoms with E-state index in [0.29, 0.717) is 29.9 Å². The zero-order chi connectivity index (χ0) is 31.7. The van der Waals surface area contributed by atoms with Crippen LogP contribution in [0.5, 0.6) is 0 Å². The average Bonchev–Trinajstić information content (AvgIpc) is 3.31. The van der Waals surface area contributed by atoms with E-state index in [1.54, 1.807) is 10.7 Å². The molecule has 8 nitrogen and oxygen atoms in total. The molecule has 1 aromatic heterocycles. The molecule has 0 aliphatic rings. The van der Waals surface area contributed by atoms with Crippen LogP contribution in [0.4, 0.5) is 4.79 Å². The van der Waals surface area contributed by atoms with Gasteiger partial charge in [0.1, 0.15) is 15.9 Å². The van der Waals surface area contributed by atoms with Crippen LogP contribution in [0.25, 0.3) is 0 Å². The quantitative estimate of drug-likeness (QED) is 0.127. The van der Waals surface area contributed by atoms with Crippen molar-refractivity contribution < 1.29 is 23.5 Å². The molecule has 0 saturated carbocycles. The summed E-state index contributed by atoms with van der Waals surface area (Å²) >= 11 is 3.34. The van der Waals surface area contributed by atoms with Crippen LogP contribution in [-0.2, 0) is 20.4 Å². The molecule has 0 radical (unpaired) electrons. The van der Waals surface area contributed by atoms with Crippen LogP contribution in [0.15, 0.2) is 71.3 Å². The predicted molar refractivity (Wildman–Crippen MR) is 176 cm³/mol. The topological polar surface area (TPSA) is 91.7 Å². The van der Waals surface area contributed by atoms with Crippen LogP contribution in [-0.4, -0.2) is 55.5 Å². The fourth-order valence-corrected chi connectivity index (χ4v) is 10.4. The summed E-state index contributed by atoms with van der Waals surface area (Å²) in [6.45, 7) is 13.3. The van der Waals surface area contributed by atoms with Gasteiger partial charge >= 0.3 is 12.1 Å². The normalized spacial score (nSPS) is 12.9. The number of esters is 1. The third-order valence-corrected chi connectivity index (χ3v) is 12.6. The molecular formula is C33H46BrN3O5Si. The summed E-state index contributed by atoms with van der Waals surface area (Å²) in [5.41, 5.74) is -0.317. The number of benzene rings is 2. The van der Waals surface area contributed by atoms with E-state index in [0.717, 1.165) is 19.3 Å². The lowest BCUT2D eigenvalue weighted by molar-refractivity contribution is 0.0494. The van der Waals surface area contributed by atoms with Crippen molar-refractivity contribution in [2.45, 2.75) is 90.5 Å². The molecule has 0 bridgehead atoms. The maximum absolute atomic E-state index is 12.7. The zero-order valence-electron chi connectivity index (χ0n) is 26.5. The molecule has 43 heavy (non-hydrogen) atoms. The zero-order valence-corrected chi connectivity index (χ0v) is 29.1. The second kappa shape index (κ2) is 15.2. The first kappa shape index (κ1) is 34.5. The molecule has 0 unspecified atom stereocenters. The highest BCUT2D eigenvalue weighted by Gasteiger charge is 2.49. The fraction of sp³-hybridized carbons (Fsp3) is 0.485. The van der Waals surface area contributed by atoms with E-state index in [1.165, 1.54) is 17.5 Å². The summed E-state index contributed by atoms with van der Waals surface area (Å²) in [7, 11) is -1.25. The number of alkyl carbamates (subject to hydrolysis) is 1. The Morgan fingerprint density at radius 2 is 1.51 bits per heavy atom. The summed E-state index contributed by atoms with van der Waals surface area (Å²) in [5.74, 6) is -0.491. The minimum Gasteiger partial charge on any atom is -0.464 e. The van der Waals surface area contributed by atoms with Gasteiger partial charge in [-0.25, -0.2) is 9.59 Å². The van der Waals surface area contributed by atoms with Crippen molar-refractivity contribution in [3.63, 3.8) is 0 Å². The van der Waals surface area contributed by atoms with Crippen molar-refractivity contribution in [3.05, 3.63) is 77.0 Å². The number of ether oxygens (including phenoxy) is 2. The predicted octanol–water partition coefficient (Wildman–Crippen LogP) is 6.46. The van der Waals surface area contributed by atoms with E-state index in [9.17, 15) is 9.59 Å². The van der Waals surface area contributed by atoms with Gasteiger partial charge in [-0.3, -0.25) is 4.68 Å². The first-order chi connectivity index (χ1) is 20.3. The SMILES string of the molecule is COC(=O)c1cc(Br)nn1C[C@@H](CCCCCO[Si](c1ccccc1)(c1ccccc1)C(C)(C)C)NC(=O)OC(C)(C)C. The molecule has 10 heteroatoms. The molecule has 0 fully saturated rings. The van der Waals surface area contributed by atoms with E-state index in [-0.39, 0.29) is 11.1 Å². The first-order valence-corrected chi connectivity index (χ1v) is 17.5. The van der Waals surface area contributed by atoms with Gasteiger partial charge in [0.25, 0.3) is 8.32 Å². The van der Waals surface area contributed by atoms with Gasteiger partial charge in [0.2, 0.25) is 0 Å². The highest BCUT2D eigenvalue weighted by Crippen LogP contribution is 2.36. The molecule has 2 aromatic carbocycles. The molecule has 0 aliphatic heterocycles. The van der Waals surface area contributed by atoms with Crippen LogP contribution in [0.1, 0.15) is 77.7 Å². The number of hydrogen-bond donors (Lipinski definition) is 1. The number of carbonyl (C=O) groups is 2. The standard InChI is InChI=1S/C33H46BrN3O5Si/c1-32(2,3)42-31(39)35-25(24-37-28(30(38)40-7)23-29(34)36-37)17-11-10-16-22-41-43(33(4,5)6,26-18-12-8-13-19-26)27-20-14-9-15-21-27/h8-9,12-15,18-21,23,25H,10-11,16-17,22,24H2,1-7H3,(H,35,39)/t25-/m1/s1. The number of carbonyl (C=O) groups excluding carboxylic acids is 2. The second-order valence-corrected chi connectivity index (χ2v) is 17.8. The molecule has 234 valence electrons. The van der Waals surface area contributed by atoms with Gasteiger partial charge in [-0.05, 0) is 65.0 Å². The summed E-state index contributed by atoms with van der Waals surface area (Å²) < 4.78 is 19.5. The summed E-state index contributed by atoms with van der Waals surface area (Å²) in [5, 5.41) is 9.83. The molecule has 3 rings (SSSR count). The molecule has 1 heterocycles. The maximum atomic E-state index is 12.7. The number of rotatable bonds is 13. The van der Waals surface area contributed by atoms with Crippen LogP contribution >= 0.6 is 15.9 Å². The minimum absolute atomic E-state index is 0.0759. The fourth-order valence-electron chi connectivity index (χ4n) is 5.34. The van der Waals surface area contributed by atoms with Crippen molar-refractivity contribution in [2.24, 2.45) is 0 Å². The summed E-state index contributed by atoms with van der Waals surface area (Å²) in [6.07, 6.45) is 2.82. The number of unbranched alkanes of at least 4 members (excludes halogenated alkanes) is 2. The van der Waals surface area contributed by atoms with Crippen LogP contribution in [0.2, 0.25) is 5.04 Å². The molecule has 1 N–H and O–H groups in total. The van der Waals surface area contributed by atoms with E-state index >= 15 is 0 Å². The van der Waals surface area contributed by atoms with Crippen LogP contribution in [0, 0.1) is 0 Å². The van der Waals surface area contributed by atoms with E-state index in [2.05, 4.69) is 95.6 Å². The van der Waals surface area contributed by atoms with Crippen molar-refractivity contribution in [2.75, 3.05) is 13.7 Å². The molecular weight excluding hydrogens is 626 g/mol. The molecule has 0 saturated heterocycles. The van der Waals surface area contributed by atoms with Gasteiger partial charge < -0.3 is 19.2 Å². The monoisotopic (exact) mass is 671 g/mol. The largest absolute Gasteiger partial charge is 0.464 e. The van der Waals surface area contributed by atoms with Gasteiger partial charge in [-0.2, -0.15) is 5.10 Å².